The number of ether oxygens (including phenoxy) is 1. The first-order valence-corrected chi connectivity index (χ1v) is 6.79. The van der Waals surface area contributed by atoms with Crippen LogP contribution in [0.15, 0.2) is 53.0 Å². The van der Waals surface area contributed by atoms with Gasteiger partial charge in [0.25, 0.3) is 0 Å². The molecule has 0 bridgehead atoms. The lowest BCUT2D eigenvalue weighted by Crippen LogP contribution is -2.20. The van der Waals surface area contributed by atoms with Gasteiger partial charge in [-0.05, 0) is 39.7 Å². The van der Waals surface area contributed by atoms with E-state index >= 15 is 0 Å². The lowest BCUT2D eigenvalue weighted by Gasteiger charge is -2.17. The molecule has 0 aliphatic heterocycles. The van der Waals surface area contributed by atoms with Crippen LogP contribution in [0.2, 0.25) is 0 Å². The van der Waals surface area contributed by atoms with Gasteiger partial charge in [-0.2, -0.15) is 0 Å². The van der Waals surface area contributed by atoms with Crippen molar-refractivity contribution in [2.24, 2.45) is 0 Å². The van der Waals surface area contributed by atoms with Crippen LogP contribution in [-0.2, 0) is 4.79 Å². The molecule has 2 aromatic rings. The van der Waals surface area contributed by atoms with Gasteiger partial charge in [0.15, 0.2) is 6.04 Å². The zero-order chi connectivity index (χ0) is 14.5. The van der Waals surface area contributed by atoms with Crippen molar-refractivity contribution in [2.75, 3.05) is 12.4 Å². The highest BCUT2D eigenvalue weighted by molar-refractivity contribution is 9.10. The fraction of sp³-hybridized carbons (Fsp3) is 0.133. The summed E-state index contributed by atoms with van der Waals surface area (Å²) in [7, 11) is 1.58. The first-order valence-electron chi connectivity index (χ1n) is 5.99. The van der Waals surface area contributed by atoms with Crippen molar-refractivity contribution in [2.45, 2.75) is 6.04 Å². The van der Waals surface area contributed by atoms with Gasteiger partial charge < -0.3 is 15.2 Å². The normalized spacial score (nSPS) is 11.7. The Morgan fingerprint density at radius 2 is 1.95 bits per heavy atom. The van der Waals surface area contributed by atoms with Crippen molar-refractivity contribution in [3.05, 3.63) is 58.6 Å². The van der Waals surface area contributed by atoms with Crippen LogP contribution in [0, 0.1) is 0 Å². The Bertz CT molecular complexity index is 601. The van der Waals surface area contributed by atoms with Gasteiger partial charge in [0.05, 0.1) is 11.6 Å². The average molecular weight is 336 g/mol. The average Bonchev–Trinajstić information content (AvgIpc) is 2.45. The molecule has 2 aromatic carbocycles. The second-order valence-corrected chi connectivity index (χ2v) is 5.03. The van der Waals surface area contributed by atoms with Crippen LogP contribution in [0.5, 0.6) is 5.75 Å². The molecule has 0 aliphatic rings. The van der Waals surface area contributed by atoms with Crippen molar-refractivity contribution in [1.82, 2.24) is 0 Å². The van der Waals surface area contributed by atoms with Crippen LogP contribution in [-0.4, -0.2) is 18.2 Å². The zero-order valence-corrected chi connectivity index (χ0v) is 12.4. The van der Waals surface area contributed by atoms with Crippen molar-refractivity contribution in [3.63, 3.8) is 0 Å². The number of halogens is 1. The number of methoxy groups -OCH3 is 1. The molecule has 20 heavy (non-hydrogen) atoms. The van der Waals surface area contributed by atoms with Crippen LogP contribution in [0.3, 0.4) is 0 Å². The minimum absolute atomic E-state index is 0.696. The molecular formula is C15H14BrNO3. The largest absolute Gasteiger partial charge is 0.496 e. The standard InChI is InChI=1S/C15H14BrNO3/c1-20-13-8-7-11(9-12(13)16)17-14(15(18)19)10-5-3-2-4-6-10/h2-9,14,17H,1H3,(H,18,19). The summed E-state index contributed by atoms with van der Waals surface area (Å²) >= 11 is 3.38. The van der Waals surface area contributed by atoms with E-state index in [1.807, 2.05) is 18.2 Å². The second kappa shape index (κ2) is 6.43. The highest BCUT2D eigenvalue weighted by atomic mass is 79.9. The summed E-state index contributed by atoms with van der Waals surface area (Å²) in [5.41, 5.74) is 1.40. The number of rotatable bonds is 5. The summed E-state index contributed by atoms with van der Waals surface area (Å²) < 4.78 is 5.91. The molecular weight excluding hydrogens is 322 g/mol. The highest BCUT2D eigenvalue weighted by Crippen LogP contribution is 2.29. The van der Waals surface area contributed by atoms with Crippen molar-refractivity contribution < 1.29 is 14.6 Å². The summed E-state index contributed by atoms with van der Waals surface area (Å²) in [6, 6.07) is 13.6. The van der Waals surface area contributed by atoms with Gasteiger partial charge in [-0.15, -0.1) is 0 Å². The molecule has 2 N–H and O–H groups in total. The van der Waals surface area contributed by atoms with Gasteiger partial charge in [0.2, 0.25) is 0 Å². The fourth-order valence-corrected chi connectivity index (χ4v) is 2.40. The molecule has 1 unspecified atom stereocenters. The third-order valence-corrected chi connectivity index (χ3v) is 3.46. The quantitative estimate of drug-likeness (QED) is 0.874. The summed E-state index contributed by atoms with van der Waals surface area (Å²) in [4.78, 5) is 11.4. The van der Waals surface area contributed by atoms with E-state index in [0.717, 1.165) is 4.47 Å². The van der Waals surface area contributed by atoms with Gasteiger partial charge in [0.1, 0.15) is 5.75 Å². The number of aliphatic carboxylic acids is 1. The molecule has 104 valence electrons. The third-order valence-electron chi connectivity index (χ3n) is 2.84. The zero-order valence-electron chi connectivity index (χ0n) is 10.8. The van der Waals surface area contributed by atoms with Crippen molar-refractivity contribution in [3.8, 4) is 5.75 Å². The van der Waals surface area contributed by atoms with E-state index in [2.05, 4.69) is 21.2 Å². The van der Waals surface area contributed by atoms with Gasteiger partial charge in [-0.3, -0.25) is 0 Å². The molecule has 2 rings (SSSR count). The number of hydrogen-bond donors (Lipinski definition) is 2. The van der Waals surface area contributed by atoms with Gasteiger partial charge in [0, 0.05) is 5.69 Å². The minimum Gasteiger partial charge on any atom is -0.496 e. The Morgan fingerprint density at radius 3 is 2.50 bits per heavy atom. The van der Waals surface area contributed by atoms with Crippen LogP contribution < -0.4 is 10.1 Å². The molecule has 0 fully saturated rings. The van der Waals surface area contributed by atoms with Gasteiger partial charge in [-0.1, -0.05) is 30.3 Å². The van der Waals surface area contributed by atoms with Crippen LogP contribution in [0.25, 0.3) is 0 Å². The maximum atomic E-state index is 11.4. The Labute approximate surface area is 125 Å². The van der Waals surface area contributed by atoms with E-state index in [0.29, 0.717) is 17.0 Å². The number of carboxylic acids is 1. The number of benzene rings is 2. The predicted octanol–water partition coefficient (Wildman–Crippen LogP) is 3.70. The smallest absolute Gasteiger partial charge is 0.330 e. The van der Waals surface area contributed by atoms with E-state index in [1.54, 1.807) is 37.4 Å². The Morgan fingerprint density at radius 1 is 1.25 bits per heavy atom. The van der Waals surface area contributed by atoms with Crippen LogP contribution >= 0.6 is 15.9 Å². The maximum absolute atomic E-state index is 11.4. The molecule has 4 nitrogen and oxygen atoms in total. The number of carboxylic acid groups (broad SMARTS) is 1. The Kier molecular flexibility index (Phi) is 4.63. The summed E-state index contributed by atoms with van der Waals surface area (Å²) in [6.07, 6.45) is 0. The molecule has 0 aliphatic carbocycles. The summed E-state index contributed by atoms with van der Waals surface area (Å²) in [5, 5.41) is 12.4. The van der Waals surface area contributed by atoms with Crippen molar-refractivity contribution >= 4 is 27.6 Å². The van der Waals surface area contributed by atoms with Crippen LogP contribution in [0.4, 0.5) is 5.69 Å². The fourth-order valence-electron chi connectivity index (χ4n) is 1.86. The number of hydrogen-bond acceptors (Lipinski definition) is 3. The molecule has 0 spiro atoms. The molecule has 0 saturated heterocycles. The Balaban J connectivity index is 2.25. The lowest BCUT2D eigenvalue weighted by molar-refractivity contribution is -0.138. The molecule has 0 heterocycles. The molecule has 1 atom stereocenters. The van der Waals surface area contributed by atoms with Crippen molar-refractivity contribution in [1.29, 1.82) is 0 Å². The molecule has 0 radical (unpaired) electrons. The van der Waals surface area contributed by atoms with E-state index in [4.69, 9.17) is 4.74 Å². The number of anilines is 1. The van der Waals surface area contributed by atoms with E-state index < -0.39 is 12.0 Å². The van der Waals surface area contributed by atoms with Gasteiger partial charge >= 0.3 is 5.97 Å². The second-order valence-electron chi connectivity index (χ2n) is 4.18. The van der Waals surface area contributed by atoms with Crippen LogP contribution in [0.1, 0.15) is 11.6 Å². The SMILES string of the molecule is COc1ccc(NC(C(=O)O)c2ccccc2)cc1Br. The van der Waals surface area contributed by atoms with E-state index in [9.17, 15) is 9.90 Å². The molecule has 0 saturated carbocycles. The summed E-state index contributed by atoms with van der Waals surface area (Å²) in [5.74, 6) is -0.231. The molecule has 0 amide bonds. The molecule has 0 aromatic heterocycles. The third kappa shape index (κ3) is 3.30. The number of nitrogens with one attached hydrogen (secondary N) is 1. The lowest BCUT2D eigenvalue weighted by atomic mass is 10.1. The maximum Gasteiger partial charge on any atom is 0.330 e. The molecule has 5 heteroatoms. The first-order chi connectivity index (χ1) is 9.61. The predicted molar refractivity (Wildman–Crippen MR) is 81.1 cm³/mol. The number of carbonyl (C=O) groups is 1. The topological polar surface area (TPSA) is 58.6 Å². The highest BCUT2D eigenvalue weighted by Gasteiger charge is 2.19. The minimum atomic E-state index is -0.928. The van der Waals surface area contributed by atoms with E-state index in [1.165, 1.54) is 0 Å². The monoisotopic (exact) mass is 335 g/mol. The Hall–Kier alpha value is -2.01. The first kappa shape index (κ1) is 14.4. The van der Waals surface area contributed by atoms with E-state index in [-0.39, 0.29) is 0 Å². The van der Waals surface area contributed by atoms with Gasteiger partial charge in [-0.25, -0.2) is 4.79 Å². The summed E-state index contributed by atoms with van der Waals surface area (Å²) in [6.45, 7) is 0.